The summed E-state index contributed by atoms with van der Waals surface area (Å²) in [7, 11) is 1.59. The van der Waals surface area contributed by atoms with Crippen molar-refractivity contribution in [3.05, 3.63) is 23.8 Å². The molecule has 1 aromatic carbocycles. The molecule has 17 heavy (non-hydrogen) atoms. The molecule has 1 rings (SSSR count). The van der Waals surface area contributed by atoms with Crippen LogP contribution in [-0.4, -0.2) is 19.8 Å². The summed E-state index contributed by atoms with van der Waals surface area (Å²) in [6.45, 7) is 2.44. The first kappa shape index (κ1) is 13.3. The first-order valence-electron chi connectivity index (χ1n) is 5.69. The maximum absolute atomic E-state index is 8.93. The number of nitrogens with zero attached hydrogens (tertiary/aromatic N) is 1. The van der Waals surface area contributed by atoms with Gasteiger partial charge in [0.15, 0.2) is 17.6 Å². The average molecular weight is 234 g/mol. The van der Waals surface area contributed by atoms with Gasteiger partial charge in [-0.05, 0) is 31.0 Å². The Bertz CT molecular complexity index is 399. The predicted octanol–water partition coefficient (Wildman–Crippen LogP) is 1.88. The third kappa shape index (κ3) is 3.36. The number of hydrogen-bond donors (Lipinski definition) is 1. The van der Waals surface area contributed by atoms with Crippen molar-refractivity contribution < 1.29 is 9.47 Å². The van der Waals surface area contributed by atoms with E-state index < -0.39 is 6.10 Å². The highest BCUT2D eigenvalue weighted by Gasteiger charge is 2.14. The van der Waals surface area contributed by atoms with Crippen LogP contribution < -0.4 is 15.2 Å². The molecule has 0 aliphatic heterocycles. The number of nitriles is 1. The Morgan fingerprint density at radius 3 is 2.76 bits per heavy atom. The largest absolute Gasteiger partial charge is 0.493 e. The van der Waals surface area contributed by atoms with Gasteiger partial charge in [-0.1, -0.05) is 19.1 Å². The van der Waals surface area contributed by atoms with Gasteiger partial charge in [0.05, 0.1) is 7.11 Å². The van der Waals surface area contributed by atoms with Crippen molar-refractivity contribution in [2.75, 3.05) is 13.7 Å². The van der Waals surface area contributed by atoms with Crippen LogP contribution in [-0.2, 0) is 6.42 Å². The highest BCUT2D eigenvalue weighted by Crippen LogP contribution is 2.32. The van der Waals surface area contributed by atoms with Crippen LogP contribution in [0.2, 0.25) is 0 Å². The highest BCUT2D eigenvalue weighted by atomic mass is 16.5. The number of hydrogen-bond acceptors (Lipinski definition) is 4. The standard InChI is InChI=1S/C13H18N2O2/c1-3-11(9-15)17-13-10(7-8-14)5-4-6-12(13)16-2/h4-6,11H,3,7-8,14H2,1-2H3. The summed E-state index contributed by atoms with van der Waals surface area (Å²) < 4.78 is 10.9. The van der Waals surface area contributed by atoms with Crippen LogP contribution in [0.4, 0.5) is 0 Å². The number of ether oxygens (including phenoxy) is 2. The van der Waals surface area contributed by atoms with Crippen molar-refractivity contribution in [2.45, 2.75) is 25.9 Å². The monoisotopic (exact) mass is 234 g/mol. The van der Waals surface area contributed by atoms with E-state index in [-0.39, 0.29) is 0 Å². The second kappa shape index (κ2) is 6.77. The zero-order valence-electron chi connectivity index (χ0n) is 10.3. The number of benzene rings is 1. The Morgan fingerprint density at radius 1 is 1.47 bits per heavy atom. The van der Waals surface area contributed by atoms with Gasteiger partial charge in [-0.3, -0.25) is 0 Å². The highest BCUT2D eigenvalue weighted by molar-refractivity contribution is 5.47. The molecule has 1 atom stereocenters. The van der Waals surface area contributed by atoms with Gasteiger partial charge < -0.3 is 15.2 Å². The Kier molecular flexibility index (Phi) is 5.31. The molecule has 0 aromatic heterocycles. The van der Waals surface area contributed by atoms with Gasteiger partial charge in [0, 0.05) is 0 Å². The number of nitrogens with two attached hydrogens (primary N) is 1. The van der Waals surface area contributed by atoms with E-state index in [9.17, 15) is 0 Å². The zero-order chi connectivity index (χ0) is 12.7. The van der Waals surface area contributed by atoms with Crippen LogP contribution in [0.1, 0.15) is 18.9 Å². The third-order valence-electron chi connectivity index (χ3n) is 2.47. The summed E-state index contributed by atoms with van der Waals surface area (Å²) in [6, 6.07) is 7.76. The average Bonchev–Trinajstić information content (AvgIpc) is 2.37. The Labute approximate surface area is 102 Å². The van der Waals surface area contributed by atoms with Gasteiger partial charge >= 0.3 is 0 Å². The van der Waals surface area contributed by atoms with Gasteiger partial charge in [0.1, 0.15) is 6.07 Å². The lowest BCUT2D eigenvalue weighted by Gasteiger charge is -2.17. The summed E-state index contributed by atoms with van der Waals surface area (Å²) in [5, 5.41) is 8.93. The van der Waals surface area contributed by atoms with Crippen molar-refractivity contribution in [3.8, 4) is 17.6 Å². The molecule has 4 heteroatoms. The van der Waals surface area contributed by atoms with Crippen molar-refractivity contribution in [1.29, 1.82) is 5.26 Å². The molecular formula is C13H18N2O2. The maximum atomic E-state index is 8.93. The minimum absolute atomic E-state index is 0.456. The second-order valence-corrected chi connectivity index (χ2v) is 3.63. The van der Waals surface area contributed by atoms with Crippen molar-refractivity contribution in [1.82, 2.24) is 0 Å². The van der Waals surface area contributed by atoms with E-state index >= 15 is 0 Å². The molecule has 0 radical (unpaired) electrons. The molecule has 2 N–H and O–H groups in total. The van der Waals surface area contributed by atoms with Crippen LogP contribution in [0.3, 0.4) is 0 Å². The predicted molar refractivity (Wildman–Crippen MR) is 66.1 cm³/mol. The molecule has 0 fully saturated rings. The minimum Gasteiger partial charge on any atom is -0.493 e. The minimum atomic E-state index is -0.456. The van der Waals surface area contributed by atoms with E-state index in [1.807, 2.05) is 25.1 Å². The van der Waals surface area contributed by atoms with Crippen LogP contribution >= 0.6 is 0 Å². The topological polar surface area (TPSA) is 68.3 Å². The Hall–Kier alpha value is -1.73. The SMILES string of the molecule is CCC(C#N)Oc1c(CCN)cccc1OC. The third-order valence-corrected chi connectivity index (χ3v) is 2.47. The van der Waals surface area contributed by atoms with Gasteiger partial charge in [-0.25, -0.2) is 0 Å². The molecule has 0 aliphatic carbocycles. The molecule has 0 spiro atoms. The smallest absolute Gasteiger partial charge is 0.184 e. The van der Waals surface area contributed by atoms with E-state index in [0.29, 0.717) is 30.9 Å². The lowest BCUT2D eigenvalue weighted by molar-refractivity contribution is 0.236. The summed E-state index contributed by atoms with van der Waals surface area (Å²) in [4.78, 5) is 0. The summed E-state index contributed by atoms with van der Waals surface area (Å²) in [5.41, 5.74) is 6.53. The van der Waals surface area contributed by atoms with Crippen LogP contribution in [0.25, 0.3) is 0 Å². The van der Waals surface area contributed by atoms with Gasteiger partial charge in [0.25, 0.3) is 0 Å². The van der Waals surface area contributed by atoms with E-state index in [4.69, 9.17) is 20.5 Å². The molecule has 0 bridgehead atoms. The Balaban J connectivity index is 3.04. The first-order valence-corrected chi connectivity index (χ1v) is 5.69. The van der Waals surface area contributed by atoms with E-state index in [1.165, 1.54) is 0 Å². The summed E-state index contributed by atoms with van der Waals surface area (Å²) in [6.07, 6.45) is 0.883. The summed E-state index contributed by atoms with van der Waals surface area (Å²) >= 11 is 0. The molecule has 92 valence electrons. The molecule has 0 aliphatic rings. The van der Waals surface area contributed by atoms with Crippen molar-refractivity contribution in [3.63, 3.8) is 0 Å². The van der Waals surface area contributed by atoms with Crippen LogP contribution in [0.15, 0.2) is 18.2 Å². The van der Waals surface area contributed by atoms with Gasteiger partial charge in [0.2, 0.25) is 0 Å². The Morgan fingerprint density at radius 2 is 2.24 bits per heavy atom. The fourth-order valence-electron chi connectivity index (χ4n) is 1.55. The molecular weight excluding hydrogens is 216 g/mol. The normalized spacial score (nSPS) is 11.6. The van der Waals surface area contributed by atoms with E-state index in [0.717, 1.165) is 5.56 Å². The zero-order valence-corrected chi connectivity index (χ0v) is 10.3. The molecule has 1 unspecified atom stereocenters. The summed E-state index contributed by atoms with van der Waals surface area (Å²) in [5.74, 6) is 1.28. The van der Waals surface area contributed by atoms with Crippen LogP contribution in [0.5, 0.6) is 11.5 Å². The number of para-hydroxylation sites is 1. The molecule has 0 saturated heterocycles. The van der Waals surface area contributed by atoms with Crippen LogP contribution in [0, 0.1) is 11.3 Å². The van der Waals surface area contributed by atoms with Crippen molar-refractivity contribution >= 4 is 0 Å². The molecule has 4 nitrogen and oxygen atoms in total. The fourth-order valence-corrected chi connectivity index (χ4v) is 1.55. The second-order valence-electron chi connectivity index (χ2n) is 3.63. The van der Waals surface area contributed by atoms with Crippen molar-refractivity contribution in [2.24, 2.45) is 5.73 Å². The molecule has 1 aromatic rings. The van der Waals surface area contributed by atoms with E-state index in [2.05, 4.69) is 6.07 Å². The van der Waals surface area contributed by atoms with Gasteiger partial charge in [-0.2, -0.15) is 5.26 Å². The lowest BCUT2D eigenvalue weighted by atomic mass is 10.1. The first-order chi connectivity index (χ1) is 8.26. The fraction of sp³-hybridized carbons (Fsp3) is 0.462. The maximum Gasteiger partial charge on any atom is 0.184 e. The molecule has 0 heterocycles. The van der Waals surface area contributed by atoms with E-state index in [1.54, 1.807) is 7.11 Å². The number of rotatable bonds is 6. The lowest BCUT2D eigenvalue weighted by Crippen LogP contribution is -2.15. The number of methoxy groups -OCH3 is 1. The quantitative estimate of drug-likeness (QED) is 0.816. The molecule has 0 amide bonds. The molecule has 0 saturated carbocycles. The van der Waals surface area contributed by atoms with Gasteiger partial charge in [-0.15, -0.1) is 0 Å².